The minimum atomic E-state index is -0.249. The molecule has 1 aromatic carbocycles. The lowest BCUT2D eigenvalue weighted by Gasteiger charge is -2.30. The van der Waals surface area contributed by atoms with Crippen LogP contribution in [0.15, 0.2) is 30.4 Å². The average molecular weight is 242 g/mol. The van der Waals surface area contributed by atoms with Crippen LogP contribution in [0.3, 0.4) is 0 Å². The van der Waals surface area contributed by atoms with Crippen LogP contribution in [0.25, 0.3) is 5.57 Å². The van der Waals surface area contributed by atoms with E-state index in [1.54, 1.807) is 0 Å². The van der Waals surface area contributed by atoms with Crippen molar-refractivity contribution in [2.45, 2.75) is 33.2 Å². The van der Waals surface area contributed by atoms with Gasteiger partial charge < -0.3 is 11.5 Å². The zero-order chi connectivity index (χ0) is 13.5. The zero-order valence-corrected chi connectivity index (χ0v) is 11.6. The van der Waals surface area contributed by atoms with Crippen molar-refractivity contribution in [2.75, 3.05) is 5.73 Å². The third kappa shape index (κ3) is 2.21. The number of allylic oxidation sites excluding steroid dienone is 2. The Labute approximate surface area is 109 Å². The zero-order valence-electron chi connectivity index (χ0n) is 11.6. The van der Waals surface area contributed by atoms with Crippen LogP contribution < -0.4 is 11.5 Å². The first kappa shape index (κ1) is 12.9. The Morgan fingerprint density at radius 1 is 1.17 bits per heavy atom. The van der Waals surface area contributed by atoms with Gasteiger partial charge in [-0.1, -0.05) is 25.2 Å². The summed E-state index contributed by atoms with van der Waals surface area (Å²) in [6.45, 7) is 8.31. The third-order valence-corrected chi connectivity index (χ3v) is 3.96. The van der Waals surface area contributed by atoms with Gasteiger partial charge in [0, 0.05) is 11.2 Å². The van der Waals surface area contributed by atoms with E-state index in [1.807, 2.05) is 0 Å². The summed E-state index contributed by atoms with van der Waals surface area (Å²) in [7, 11) is 0. The molecular weight excluding hydrogens is 220 g/mol. The fraction of sp³-hybridized carbons (Fsp3) is 0.375. The highest BCUT2D eigenvalue weighted by atomic mass is 14.7. The molecule has 2 unspecified atom stereocenters. The number of rotatable bonds is 1. The lowest BCUT2D eigenvalue weighted by Crippen LogP contribution is -2.41. The summed E-state index contributed by atoms with van der Waals surface area (Å²) < 4.78 is 0. The maximum absolute atomic E-state index is 6.19. The summed E-state index contributed by atoms with van der Waals surface area (Å²) >= 11 is 0. The number of anilines is 1. The summed E-state index contributed by atoms with van der Waals surface area (Å²) in [6, 6.07) is 4.29. The van der Waals surface area contributed by atoms with Gasteiger partial charge >= 0.3 is 0 Å². The van der Waals surface area contributed by atoms with Crippen LogP contribution in [0.4, 0.5) is 5.69 Å². The highest BCUT2D eigenvalue weighted by Crippen LogP contribution is 2.31. The van der Waals surface area contributed by atoms with Gasteiger partial charge in [0.2, 0.25) is 0 Å². The second-order valence-electron chi connectivity index (χ2n) is 5.63. The average Bonchev–Trinajstić information content (AvgIpc) is 2.29. The van der Waals surface area contributed by atoms with E-state index in [2.05, 4.69) is 58.1 Å². The fourth-order valence-corrected chi connectivity index (χ4v) is 2.26. The van der Waals surface area contributed by atoms with E-state index in [-0.39, 0.29) is 5.54 Å². The van der Waals surface area contributed by atoms with E-state index in [1.165, 1.54) is 11.1 Å². The van der Waals surface area contributed by atoms with Crippen LogP contribution in [-0.2, 0) is 0 Å². The van der Waals surface area contributed by atoms with Crippen molar-refractivity contribution < 1.29 is 0 Å². The molecule has 2 heteroatoms. The summed E-state index contributed by atoms with van der Waals surface area (Å²) in [5.41, 5.74) is 17.5. The summed E-state index contributed by atoms with van der Waals surface area (Å²) in [4.78, 5) is 0. The SMILES string of the molecule is Cc1cc(C2=CC(C)C(C)(N)C=C2)cc(C)c1N. The van der Waals surface area contributed by atoms with Crippen molar-refractivity contribution >= 4 is 11.3 Å². The highest BCUT2D eigenvalue weighted by molar-refractivity contribution is 5.78. The smallest absolute Gasteiger partial charge is 0.0374 e. The number of aryl methyl sites for hydroxylation is 2. The molecule has 0 aliphatic heterocycles. The Morgan fingerprint density at radius 2 is 1.72 bits per heavy atom. The Kier molecular flexibility index (Phi) is 3.07. The molecule has 96 valence electrons. The first-order chi connectivity index (χ1) is 8.31. The number of nitrogen functional groups attached to an aromatic ring is 1. The van der Waals surface area contributed by atoms with E-state index in [9.17, 15) is 0 Å². The molecule has 1 aliphatic rings. The summed E-state index contributed by atoms with van der Waals surface area (Å²) in [5, 5.41) is 0. The first-order valence-corrected chi connectivity index (χ1v) is 6.38. The Morgan fingerprint density at radius 3 is 2.22 bits per heavy atom. The summed E-state index contributed by atoms with van der Waals surface area (Å²) in [5.74, 6) is 0.329. The summed E-state index contributed by atoms with van der Waals surface area (Å²) in [6.07, 6.45) is 6.45. The highest BCUT2D eigenvalue weighted by Gasteiger charge is 2.25. The van der Waals surface area contributed by atoms with Crippen molar-refractivity contribution in [3.05, 3.63) is 47.1 Å². The van der Waals surface area contributed by atoms with Gasteiger partial charge in [0.1, 0.15) is 0 Å². The normalized spacial score (nSPS) is 27.2. The molecule has 0 saturated heterocycles. The molecule has 18 heavy (non-hydrogen) atoms. The Hall–Kier alpha value is -1.54. The van der Waals surface area contributed by atoms with Crippen molar-refractivity contribution in [2.24, 2.45) is 11.7 Å². The van der Waals surface area contributed by atoms with Crippen molar-refractivity contribution in [3.63, 3.8) is 0 Å². The third-order valence-electron chi connectivity index (χ3n) is 3.96. The molecular formula is C16H22N2. The van der Waals surface area contributed by atoms with Crippen LogP contribution in [0.2, 0.25) is 0 Å². The maximum atomic E-state index is 6.19. The predicted octanol–water partition coefficient (Wildman–Crippen LogP) is 3.19. The Bertz CT molecular complexity index is 513. The molecule has 0 spiro atoms. The molecule has 0 fully saturated rings. The van der Waals surface area contributed by atoms with E-state index in [0.717, 1.165) is 16.8 Å². The Balaban J connectivity index is 2.43. The minimum absolute atomic E-state index is 0.249. The lowest BCUT2D eigenvalue weighted by molar-refractivity contribution is 0.457. The molecule has 0 aromatic heterocycles. The molecule has 0 amide bonds. The molecule has 1 aliphatic carbocycles. The molecule has 1 aromatic rings. The quantitative estimate of drug-likeness (QED) is 0.743. The standard InChI is InChI=1S/C16H22N2/c1-10-7-14(8-11(2)15(10)17)13-5-6-16(4,18)12(3)9-13/h5-9,12H,17-18H2,1-4H3. The molecule has 4 N–H and O–H groups in total. The van der Waals surface area contributed by atoms with E-state index >= 15 is 0 Å². The van der Waals surface area contributed by atoms with Crippen LogP contribution in [0.1, 0.15) is 30.5 Å². The maximum Gasteiger partial charge on any atom is 0.0374 e. The van der Waals surface area contributed by atoms with Gasteiger partial charge in [-0.25, -0.2) is 0 Å². The molecule has 0 heterocycles. The van der Waals surface area contributed by atoms with Gasteiger partial charge in [-0.3, -0.25) is 0 Å². The van der Waals surface area contributed by atoms with Gasteiger partial charge in [-0.15, -0.1) is 0 Å². The van der Waals surface area contributed by atoms with E-state index in [4.69, 9.17) is 11.5 Å². The van der Waals surface area contributed by atoms with Gasteiger partial charge in [0.15, 0.2) is 0 Å². The molecule has 0 radical (unpaired) electrons. The van der Waals surface area contributed by atoms with Crippen LogP contribution in [0.5, 0.6) is 0 Å². The molecule has 0 saturated carbocycles. The van der Waals surface area contributed by atoms with Gasteiger partial charge in [-0.2, -0.15) is 0 Å². The molecule has 2 atom stereocenters. The van der Waals surface area contributed by atoms with Crippen molar-refractivity contribution in [1.29, 1.82) is 0 Å². The number of benzene rings is 1. The van der Waals surface area contributed by atoms with Crippen LogP contribution in [-0.4, -0.2) is 5.54 Å². The van der Waals surface area contributed by atoms with Crippen molar-refractivity contribution in [1.82, 2.24) is 0 Å². The molecule has 2 nitrogen and oxygen atoms in total. The second-order valence-corrected chi connectivity index (χ2v) is 5.63. The molecule has 2 rings (SSSR count). The predicted molar refractivity (Wildman–Crippen MR) is 79.2 cm³/mol. The van der Waals surface area contributed by atoms with Gasteiger partial charge in [-0.05, 0) is 61.1 Å². The first-order valence-electron chi connectivity index (χ1n) is 6.38. The van der Waals surface area contributed by atoms with Gasteiger partial charge in [0.05, 0.1) is 0 Å². The molecule has 0 bridgehead atoms. The largest absolute Gasteiger partial charge is 0.398 e. The minimum Gasteiger partial charge on any atom is -0.398 e. The number of hydrogen-bond acceptors (Lipinski definition) is 2. The second kappa shape index (κ2) is 4.29. The van der Waals surface area contributed by atoms with Crippen LogP contribution in [0, 0.1) is 19.8 Å². The fourth-order valence-electron chi connectivity index (χ4n) is 2.26. The van der Waals surface area contributed by atoms with Crippen molar-refractivity contribution in [3.8, 4) is 0 Å². The van der Waals surface area contributed by atoms with Gasteiger partial charge in [0.25, 0.3) is 0 Å². The number of nitrogens with two attached hydrogens (primary N) is 2. The topological polar surface area (TPSA) is 52.0 Å². The van der Waals surface area contributed by atoms with Crippen LogP contribution >= 0.6 is 0 Å². The number of hydrogen-bond donors (Lipinski definition) is 2. The van der Waals surface area contributed by atoms with E-state index in [0.29, 0.717) is 5.92 Å². The van der Waals surface area contributed by atoms with E-state index < -0.39 is 0 Å². The lowest BCUT2D eigenvalue weighted by atomic mass is 9.80. The monoisotopic (exact) mass is 242 g/mol.